The Labute approximate surface area is 238 Å². The van der Waals surface area contributed by atoms with Gasteiger partial charge < -0.3 is 20.0 Å². The quantitative estimate of drug-likeness (QED) is 0.234. The standard InChI is InChI=1S/C28H28F4N8O2/c1-17-34-24(36-21-6-3-18(22(13-21)28(30,31)32)16-40-11-9-39(2)10-12-40)14-25(35-17)38-27-33-15-23(42-27)26(41)37-20-7-4-19(29)5-8-20/h3-8,13-15H,9-12,16H2,1-2H3,(H,37,41)(H2,33,34,35,36,38). The minimum absolute atomic E-state index is 0.0454. The lowest BCUT2D eigenvalue weighted by Gasteiger charge is -2.33. The average molecular weight is 585 g/mol. The third-order valence-electron chi connectivity index (χ3n) is 6.58. The number of aromatic nitrogens is 3. The summed E-state index contributed by atoms with van der Waals surface area (Å²) in [6, 6.07) is 10.8. The molecule has 0 saturated carbocycles. The zero-order chi connectivity index (χ0) is 29.9. The number of nitrogens with zero attached hydrogens (tertiary/aromatic N) is 5. The lowest BCUT2D eigenvalue weighted by atomic mass is 10.0. The first kappa shape index (κ1) is 29.0. The zero-order valence-corrected chi connectivity index (χ0v) is 22.8. The molecule has 0 spiro atoms. The predicted octanol–water partition coefficient (Wildman–Crippen LogP) is 5.42. The molecule has 42 heavy (non-hydrogen) atoms. The Morgan fingerprint density at radius 2 is 1.62 bits per heavy atom. The minimum atomic E-state index is -4.53. The lowest BCUT2D eigenvalue weighted by Crippen LogP contribution is -2.44. The summed E-state index contributed by atoms with van der Waals surface area (Å²) in [6.45, 7) is 4.85. The number of benzene rings is 2. The maximum Gasteiger partial charge on any atom is 0.416 e. The van der Waals surface area contributed by atoms with Crippen molar-refractivity contribution in [1.29, 1.82) is 0 Å². The topological polar surface area (TPSA) is 111 Å². The fourth-order valence-corrected chi connectivity index (χ4v) is 4.42. The van der Waals surface area contributed by atoms with Crippen molar-refractivity contribution in [2.24, 2.45) is 0 Å². The van der Waals surface area contributed by atoms with Gasteiger partial charge in [-0.15, -0.1) is 0 Å². The fourth-order valence-electron chi connectivity index (χ4n) is 4.42. The normalized spacial score (nSPS) is 14.5. The third kappa shape index (κ3) is 7.39. The molecule has 3 N–H and O–H groups in total. The molecule has 2 aromatic carbocycles. The molecule has 1 amide bonds. The lowest BCUT2D eigenvalue weighted by molar-refractivity contribution is -0.138. The maximum atomic E-state index is 14.0. The number of hydrogen-bond donors (Lipinski definition) is 3. The van der Waals surface area contributed by atoms with Crippen molar-refractivity contribution in [2.45, 2.75) is 19.6 Å². The first-order valence-corrected chi connectivity index (χ1v) is 13.1. The van der Waals surface area contributed by atoms with Crippen molar-refractivity contribution in [1.82, 2.24) is 24.8 Å². The number of piperazine rings is 1. The molecule has 0 aliphatic carbocycles. The van der Waals surface area contributed by atoms with Gasteiger partial charge >= 0.3 is 12.2 Å². The predicted molar refractivity (Wildman–Crippen MR) is 148 cm³/mol. The van der Waals surface area contributed by atoms with Crippen LogP contribution in [0.15, 0.2) is 59.1 Å². The van der Waals surface area contributed by atoms with Crippen LogP contribution in [0.3, 0.4) is 0 Å². The molecular formula is C28H28F4N8O2. The van der Waals surface area contributed by atoms with Crippen LogP contribution in [-0.2, 0) is 12.7 Å². The molecule has 14 heteroatoms. The first-order chi connectivity index (χ1) is 20.0. The van der Waals surface area contributed by atoms with E-state index >= 15 is 0 Å². The molecule has 0 radical (unpaired) electrons. The van der Waals surface area contributed by atoms with Gasteiger partial charge in [-0.25, -0.2) is 19.3 Å². The Bertz CT molecular complexity index is 1550. The van der Waals surface area contributed by atoms with Gasteiger partial charge in [0.1, 0.15) is 23.3 Å². The van der Waals surface area contributed by atoms with E-state index in [2.05, 4.69) is 35.8 Å². The average Bonchev–Trinajstić information content (AvgIpc) is 3.40. The van der Waals surface area contributed by atoms with Gasteiger partial charge in [0.05, 0.1) is 11.8 Å². The van der Waals surface area contributed by atoms with Crippen LogP contribution >= 0.6 is 0 Å². The van der Waals surface area contributed by atoms with Crippen LogP contribution in [0.2, 0.25) is 0 Å². The van der Waals surface area contributed by atoms with Crippen LogP contribution in [-0.4, -0.2) is 63.9 Å². The fraction of sp³-hybridized carbons (Fsp3) is 0.286. The molecule has 3 heterocycles. The summed E-state index contributed by atoms with van der Waals surface area (Å²) in [6.07, 6.45) is -3.32. The van der Waals surface area contributed by atoms with Crippen LogP contribution in [0, 0.1) is 12.7 Å². The van der Waals surface area contributed by atoms with Crippen LogP contribution in [0.1, 0.15) is 27.5 Å². The summed E-state index contributed by atoms with van der Waals surface area (Å²) >= 11 is 0. The number of alkyl halides is 3. The van der Waals surface area contributed by atoms with Gasteiger partial charge in [0.25, 0.3) is 5.91 Å². The number of nitrogens with one attached hydrogen (secondary N) is 3. The smallest absolute Gasteiger partial charge is 0.416 e. The second kappa shape index (κ2) is 12.1. The molecule has 0 bridgehead atoms. The molecule has 1 aliphatic heterocycles. The number of hydrogen-bond acceptors (Lipinski definition) is 9. The highest BCUT2D eigenvalue weighted by molar-refractivity contribution is 6.02. The number of oxazole rings is 1. The maximum absolute atomic E-state index is 14.0. The van der Waals surface area contributed by atoms with Crippen molar-refractivity contribution in [3.05, 3.63) is 83.3 Å². The molecule has 1 aliphatic rings. The van der Waals surface area contributed by atoms with Crippen molar-refractivity contribution in [3.8, 4) is 0 Å². The number of halogens is 4. The molecule has 0 atom stereocenters. The van der Waals surface area contributed by atoms with E-state index < -0.39 is 23.5 Å². The van der Waals surface area contributed by atoms with Crippen LogP contribution in [0.5, 0.6) is 0 Å². The van der Waals surface area contributed by atoms with E-state index in [9.17, 15) is 22.4 Å². The molecule has 0 unspecified atom stereocenters. The van der Waals surface area contributed by atoms with E-state index in [0.29, 0.717) is 24.6 Å². The largest absolute Gasteiger partial charge is 0.418 e. The van der Waals surface area contributed by atoms with Gasteiger partial charge in [0.2, 0.25) is 5.76 Å². The van der Waals surface area contributed by atoms with Crippen molar-refractivity contribution in [3.63, 3.8) is 0 Å². The summed E-state index contributed by atoms with van der Waals surface area (Å²) in [4.78, 5) is 29.2. The van der Waals surface area contributed by atoms with E-state index in [1.165, 1.54) is 42.6 Å². The molecule has 5 rings (SSSR count). The van der Waals surface area contributed by atoms with Gasteiger partial charge in [0, 0.05) is 50.2 Å². The highest BCUT2D eigenvalue weighted by atomic mass is 19.4. The molecule has 220 valence electrons. The molecule has 2 aromatic heterocycles. The van der Waals surface area contributed by atoms with Crippen LogP contribution in [0.25, 0.3) is 0 Å². The van der Waals surface area contributed by atoms with Gasteiger partial charge in [-0.3, -0.25) is 15.0 Å². The van der Waals surface area contributed by atoms with E-state index in [4.69, 9.17) is 4.42 Å². The SMILES string of the molecule is Cc1nc(Nc2ccc(CN3CCN(C)CC3)c(C(F)(F)F)c2)cc(Nc2ncc(C(=O)Nc3ccc(F)cc3)o2)n1. The van der Waals surface area contributed by atoms with Crippen LogP contribution in [0.4, 0.5) is 46.6 Å². The summed E-state index contributed by atoms with van der Waals surface area (Å²) in [5, 5.41) is 8.31. The monoisotopic (exact) mass is 584 g/mol. The van der Waals surface area contributed by atoms with E-state index in [-0.39, 0.29) is 41.2 Å². The van der Waals surface area contributed by atoms with Crippen LogP contribution < -0.4 is 16.0 Å². The highest BCUT2D eigenvalue weighted by Gasteiger charge is 2.34. The van der Waals surface area contributed by atoms with Crippen molar-refractivity contribution >= 4 is 34.9 Å². The minimum Gasteiger partial charge on any atom is -0.418 e. The third-order valence-corrected chi connectivity index (χ3v) is 6.58. The molecule has 1 fully saturated rings. The van der Waals surface area contributed by atoms with E-state index in [1.54, 1.807) is 13.0 Å². The first-order valence-electron chi connectivity index (χ1n) is 13.1. The summed E-state index contributed by atoms with van der Waals surface area (Å²) in [5.74, 6) is -0.341. The second-order valence-corrected chi connectivity index (χ2v) is 9.88. The highest BCUT2D eigenvalue weighted by Crippen LogP contribution is 2.35. The second-order valence-electron chi connectivity index (χ2n) is 9.88. The Morgan fingerprint density at radius 3 is 2.31 bits per heavy atom. The number of anilines is 5. The summed E-state index contributed by atoms with van der Waals surface area (Å²) < 4.78 is 60.6. The number of aryl methyl sites for hydroxylation is 1. The van der Waals surface area contributed by atoms with Gasteiger partial charge in [-0.2, -0.15) is 13.2 Å². The van der Waals surface area contributed by atoms with E-state index in [1.807, 2.05) is 11.9 Å². The number of amides is 1. The number of carbonyl (C=O) groups is 1. The number of likely N-dealkylation sites (N-methyl/N-ethyl adjacent to an activating group) is 1. The van der Waals surface area contributed by atoms with Crippen molar-refractivity contribution < 1.29 is 26.8 Å². The molecular weight excluding hydrogens is 556 g/mol. The number of carbonyl (C=O) groups excluding carboxylic acids is 1. The Hall–Kier alpha value is -4.56. The van der Waals surface area contributed by atoms with Gasteiger partial charge in [-0.05, 0) is 55.9 Å². The molecule has 10 nitrogen and oxygen atoms in total. The summed E-state index contributed by atoms with van der Waals surface area (Å²) in [5.41, 5.74) is 0.0867. The number of rotatable bonds is 8. The Kier molecular flexibility index (Phi) is 8.36. The zero-order valence-electron chi connectivity index (χ0n) is 22.8. The molecule has 4 aromatic rings. The van der Waals surface area contributed by atoms with E-state index in [0.717, 1.165) is 19.2 Å². The molecule has 1 saturated heterocycles. The Morgan fingerprint density at radius 1 is 0.952 bits per heavy atom. The van der Waals surface area contributed by atoms with Gasteiger partial charge in [0.15, 0.2) is 0 Å². The summed E-state index contributed by atoms with van der Waals surface area (Å²) in [7, 11) is 1.99. The Balaban J connectivity index is 1.28. The van der Waals surface area contributed by atoms with Crippen molar-refractivity contribution in [2.75, 3.05) is 49.2 Å². The van der Waals surface area contributed by atoms with Gasteiger partial charge in [-0.1, -0.05) is 6.07 Å².